The zero-order chi connectivity index (χ0) is 17.4. The standard InChI is InChI=1S/C19H27ClN4O/c1-2-15-17(24-12-14(20)3-4-16(24)23-15)18(25)22-11-13-9-19(10-13)5-7-21-8-6-19/h12-13,21H,2-11H2,1H3,(H,22,25). The van der Waals surface area contributed by atoms with Gasteiger partial charge in [-0.3, -0.25) is 9.36 Å². The number of piperidine rings is 1. The molecule has 0 aromatic carbocycles. The lowest BCUT2D eigenvalue weighted by Crippen LogP contribution is -2.48. The third-order valence-electron chi connectivity index (χ3n) is 6.12. The Hall–Kier alpha value is -1.33. The number of rotatable bonds is 4. The number of hydrogen-bond donors (Lipinski definition) is 2. The summed E-state index contributed by atoms with van der Waals surface area (Å²) < 4.78 is 1.90. The van der Waals surface area contributed by atoms with E-state index in [2.05, 4.69) is 15.6 Å². The fraction of sp³-hybridized carbons (Fsp3) is 0.684. The van der Waals surface area contributed by atoms with Crippen LogP contribution < -0.4 is 10.6 Å². The van der Waals surface area contributed by atoms with Crippen molar-refractivity contribution in [3.63, 3.8) is 0 Å². The van der Waals surface area contributed by atoms with E-state index in [0.717, 1.165) is 55.4 Å². The molecular weight excluding hydrogens is 336 g/mol. The van der Waals surface area contributed by atoms with E-state index in [-0.39, 0.29) is 5.91 Å². The van der Waals surface area contributed by atoms with Gasteiger partial charge in [0.2, 0.25) is 0 Å². The number of carbonyl (C=O) groups is 1. The van der Waals surface area contributed by atoms with E-state index in [9.17, 15) is 4.79 Å². The molecule has 1 aliphatic carbocycles. The molecule has 3 heterocycles. The van der Waals surface area contributed by atoms with Crippen molar-refractivity contribution in [2.24, 2.45) is 11.3 Å². The van der Waals surface area contributed by atoms with E-state index in [0.29, 0.717) is 17.0 Å². The number of amides is 1. The molecule has 0 atom stereocenters. The lowest BCUT2D eigenvalue weighted by atomic mass is 9.58. The zero-order valence-electron chi connectivity index (χ0n) is 14.9. The molecule has 1 saturated heterocycles. The van der Waals surface area contributed by atoms with Crippen molar-refractivity contribution in [2.75, 3.05) is 19.6 Å². The highest BCUT2D eigenvalue weighted by atomic mass is 35.5. The number of nitrogens with one attached hydrogen (secondary N) is 2. The van der Waals surface area contributed by atoms with Crippen LogP contribution in [0.3, 0.4) is 0 Å². The van der Waals surface area contributed by atoms with Crippen LogP contribution >= 0.6 is 11.6 Å². The fourth-order valence-electron chi connectivity index (χ4n) is 4.76. The molecule has 2 fully saturated rings. The highest BCUT2D eigenvalue weighted by molar-refractivity contribution is 6.31. The maximum absolute atomic E-state index is 12.8. The van der Waals surface area contributed by atoms with Gasteiger partial charge in [0, 0.05) is 24.2 Å². The zero-order valence-corrected chi connectivity index (χ0v) is 15.7. The van der Waals surface area contributed by atoms with Gasteiger partial charge in [0.1, 0.15) is 11.5 Å². The molecule has 1 saturated carbocycles. The summed E-state index contributed by atoms with van der Waals surface area (Å²) in [5.41, 5.74) is 2.10. The molecule has 1 aromatic rings. The van der Waals surface area contributed by atoms with Crippen molar-refractivity contribution >= 4 is 23.7 Å². The second-order valence-corrected chi connectivity index (χ2v) is 8.34. The maximum Gasteiger partial charge on any atom is 0.270 e. The van der Waals surface area contributed by atoms with Gasteiger partial charge in [0.15, 0.2) is 0 Å². The van der Waals surface area contributed by atoms with Gasteiger partial charge in [0.25, 0.3) is 5.91 Å². The first-order chi connectivity index (χ1) is 12.1. The SMILES string of the molecule is CCc1nc2n(c1C(=O)NCC1CC3(CCNCC3)C1)C=C(Cl)CC2. The van der Waals surface area contributed by atoms with Crippen molar-refractivity contribution < 1.29 is 4.79 Å². The second kappa shape index (κ2) is 6.76. The van der Waals surface area contributed by atoms with Crippen LogP contribution in [0.1, 0.15) is 61.0 Å². The van der Waals surface area contributed by atoms with Gasteiger partial charge in [-0.05, 0) is 62.9 Å². The van der Waals surface area contributed by atoms with Gasteiger partial charge in [-0.2, -0.15) is 0 Å². The third kappa shape index (κ3) is 3.24. The van der Waals surface area contributed by atoms with Crippen molar-refractivity contribution in [2.45, 2.75) is 51.9 Å². The monoisotopic (exact) mass is 362 g/mol. The van der Waals surface area contributed by atoms with Gasteiger partial charge >= 0.3 is 0 Å². The summed E-state index contributed by atoms with van der Waals surface area (Å²) in [5.74, 6) is 1.56. The van der Waals surface area contributed by atoms with Gasteiger partial charge in [0.05, 0.1) is 5.69 Å². The fourth-order valence-corrected chi connectivity index (χ4v) is 4.96. The first-order valence-electron chi connectivity index (χ1n) is 9.55. The molecule has 1 amide bonds. The number of hydrogen-bond acceptors (Lipinski definition) is 3. The predicted octanol–water partition coefficient (Wildman–Crippen LogP) is 2.94. The number of carbonyl (C=O) groups excluding carboxylic acids is 1. The van der Waals surface area contributed by atoms with Gasteiger partial charge < -0.3 is 10.6 Å². The quantitative estimate of drug-likeness (QED) is 0.865. The molecule has 0 bridgehead atoms. The predicted molar refractivity (Wildman–Crippen MR) is 99.6 cm³/mol. The smallest absolute Gasteiger partial charge is 0.270 e. The number of halogens is 1. The van der Waals surface area contributed by atoms with Crippen LogP contribution in [0.4, 0.5) is 0 Å². The van der Waals surface area contributed by atoms with Crippen LogP contribution in [-0.4, -0.2) is 35.1 Å². The first kappa shape index (κ1) is 17.1. The third-order valence-corrected chi connectivity index (χ3v) is 6.41. The number of aryl methyl sites for hydroxylation is 2. The Labute approximate surface area is 154 Å². The minimum absolute atomic E-state index is 0.00974. The Morgan fingerprint density at radius 3 is 2.88 bits per heavy atom. The molecule has 0 unspecified atom stereocenters. The van der Waals surface area contributed by atoms with Crippen molar-refractivity contribution in [1.29, 1.82) is 0 Å². The normalized spacial score (nSPS) is 22.2. The summed E-state index contributed by atoms with van der Waals surface area (Å²) in [6.07, 6.45) is 9.31. The van der Waals surface area contributed by atoms with Crippen LogP contribution in [0.25, 0.3) is 6.20 Å². The Morgan fingerprint density at radius 1 is 1.40 bits per heavy atom. The molecule has 6 heteroatoms. The lowest BCUT2D eigenvalue weighted by Gasteiger charge is -2.50. The largest absolute Gasteiger partial charge is 0.350 e. The van der Waals surface area contributed by atoms with Crippen LogP contribution in [0.2, 0.25) is 0 Å². The van der Waals surface area contributed by atoms with Crippen molar-refractivity contribution in [1.82, 2.24) is 20.2 Å². The summed E-state index contributed by atoms with van der Waals surface area (Å²) in [4.78, 5) is 17.5. The van der Waals surface area contributed by atoms with Crippen LogP contribution in [0.15, 0.2) is 5.03 Å². The molecule has 2 aliphatic heterocycles. The van der Waals surface area contributed by atoms with E-state index in [1.54, 1.807) is 0 Å². The summed E-state index contributed by atoms with van der Waals surface area (Å²) in [6, 6.07) is 0. The first-order valence-corrected chi connectivity index (χ1v) is 9.93. The lowest BCUT2D eigenvalue weighted by molar-refractivity contribution is 0.0219. The molecule has 4 rings (SSSR count). The Bertz CT molecular complexity index is 695. The van der Waals surface area contributed by atoms with E-state index in [1.165, 1.54) is 25.7 Å². The highest BCUT2D eigenvalue weighted by Crippen LogP contribution is 2.51. The average molecular weight is 363 g/mol. The van der Waals surface area contributed by atoms with Crippen molar-refractivity contribution in [3.8, 4) is 0 Å². The van der Waals surface area contributed by atoms with Gasteiger partial charge in [-0.1, -0.05) is 18.5 Å². The number of fused-ring (bicyclic) bond motifs is 1. The number of nitrogens with zero attached hydrogens (tertiary/aromatic N) is 2. The molecule has 1 aromatic heterocycles. The molecular formula is C19H27ClN4O. The summed E-state index contributed by atoms with van der Waals surface area (Å²) in [6.45, 7) is 5.11. The highest BCUT2D eigenvalue weighted by Gasteiger charge is 2.44. The summed E-state index contributed by atoms with van der Waals surface area (Å²) in [5, 5.41) is 7.39. The molecule has 1 spiro atoms. The Balaban J connectivity index is 1.40. The second-order valence-electron chi connectivity index (χ2n) is 7.86. The molecule has 136 valence electrons. The van der Waals surface area contributed by atoms with E-state index in [1.807, 2.05) is 17.7 Å². The summed E-state index contributed by atoms with van der Waals surface area (Å²) in [7, 11) is 0. The summed E-state index contributed by atoms with van der Waals surface area (Å²) >= 11 is 6.19. The van der Waals surface area contributed by atoms with Gasteiger partial charge in [-0.15, -0.1) is 0 Å². The van der Waals surface area contributed by atoms with E-state index >= 15 is 0 Å². The van der Waals surface area contributed by atoms with Crippen molar-refractivity contribution in [3.05, 3.63) is 22.2 Å². The number of imidazole rings is 1. The number of aromatic nitrogens is 2. The van der Waals surface area contributed by atoms with Gasteiger partial charge in [-0.25, -0.2) is 4.98 Å². The molecule has 2 N–H and O–H groups in total. The number of allylic oxidation sites excluding steroid dienone is 1. The molecule has 25 heavy (non-hydrogen) atoms. The minimum Gasteiger partial charge on any atom is -0.350 e. The van der Waals surface area contributed by atoms with Crippen LogP contribution in [0.5, 0.6) is 0 Å². The molecule has 0 radical (unpaired) electrons. The maximum atomic E-state index is 12.8. The average Bonchev–Trinajstić information content (AvgIpc) is 2.96. The topological polar surface area (TPSA) is 59.0 Å². The van der Waals surface area contributed by atoms with E-state index < -0.39 is 0 Å². The minimum atomic E-state index is -0.00974. The molecule has 3 aliphatic rings. The molecule has 5 nitrogen and oxygen atoms in total. The van der Waals surface area contributed by atoms with Crippen LogP contribution in [0, 0.1) is 11.3 Å². The van der Waals surface area contributed by atoms with Crippen LogP contribution in [-0.2, 0) is 12.8 Å². The van der Waals surface area contributed by atoms with E-state index in [4.69, 9.17) is 11.6 Å². The Kier molecular flexibility index (Phi) is 4.63. The Morgan fingerprint density at radius 2 is 2.16 bits per heavy atom.